The third-order valence-electron chi connectivity index (χ3n) is 7.14. The van der Waals surface area contributed by atoms with Crippen LogP contribution in [0.1, 0.15) is 49.8 Å². The molecule has 33 heavy (non-hydrogen) atoms. The van der Waals surface area contributed by atoms with E-state index in [0.29, 0.717) is 23.9 Å². The summed E-state index contributed by atoms with van der Waals surface area (Å²) < 4.78 is 29.7. The predicted molar refractivity (Wildman–Crippen MR) is 129 cm³/mol. The summed E-state index contributed by atoms with van der Waals surface area (Å²) in [4.78, 5) is 13.2. The second kappa shape index (κ2) is 8.95. The lowest BCUT2D eigenvalue weighted by molar-refractivity contribution is -0.122. The number of rotatable bonds is 5. The number of carbonyl (C=O) groups excluding carboxylic acids is 1. The SMILES string of the molecule is CC1CCN(S(=O)(=O)c2ccc3c(ccn3CC(=O)NC3CCCc4ccccc43)c2)CC1. The van der Waals surface area contributed by atoms with E-state index in [0.717, 1.165) is 43.0 Å². The number of aromatic nitrogens is 1. The average Bonchev–Trinajstić information content (AvgIpc) is 3.21. The van der Waals surface area contributed by atoms with E-state index in [1.165, 1.54) is 11.1 Å². The molecule has 0 spiro atoms. The van der Waals surface area contributed by atoms with Crippen LogP contribution in [0.4, 0.5) is 0 Å². The number of amides is 1. The van der Waals surface area contributed by atoms with Crippen LogP contribution >= 0.6 is 0 Å². The first-order valence-electron chi connectivity index (χ1n) is 11.9. The van der Waals surface area contributed by atoms with E-state index >= 15 is 0 Å². The van der Waals surface area contributed by atoms with Crippen LogP contribution in [0.25, 0.3) is 10.9 Å². The first-order valence-corrected chi connectivity index (χ1v) is 13.3. The van der Waals surface area contributed by atoms with Crippen LogP contribution in [0.5, 0.6) is 0 Å². The number of benzene rings is 2. The maximum atomic E-state index is 13.1. The summed E-state index contributed by atoms with van der Waals surface area (Å²) in [7, 11) is -3.49. The van der Waals surface area contributed by atoms with Crippen molar-refractivity contribution >= 4 is 26.8 Å². The largest absolute Gasteiger partial charge is 0.348 e. The Morgan fingerprint density at radius 2 is 1.85 bits per heavy atom. The fraction of sp³-hybridized carbons (Fsp3) is 0.423. The van der Waals surface area contributed by atoms with Crippen LogP contribution in [0.2, 0.25) is 0 Å². The zero-order valence-electron chi connectivity index (χ0n) is 19.0. The van der Waals surface area contributed by atoms with E-state index < -0.39 is 10.0 Å². The van der Waals surface area contributed by atoms with Crippen LogP contribution < -0.4 is 5.32 Å². The molecule has 0 bridgehead atoms. The number of hydrogen-bond donors (Lipinski definition) is 1. The van der Waals surface area contributed by atoms with Crippen LogP contribution in [-0.2, 0) is 27.8 Å². The molecule has 1 saturated heterocycles. The van der Waals surface area contributed by atoms with Crippen molar-refractivity contribution in [3.8, 4) is 0 Å². The quantitative estimate of drug-likeness (QED) is 0.612. The molecule has 7 heteroatoms. The minimum absolute atomic E-state index is 0.0339. The molecule has 3 aromatic rings. The number of hydrogen-bond acceptors (Lipinski definition) is 3. The van der Waals surface area contributed by atoms with Crippen molar-refractivity contribution in [3.05, 3.63) is 65.9 Å². The average molecular weight is 466 g/mol. The Balaban J connectivity index is 1.31. The summed E-state index contributed by atoms with van der Waals surface area (Å²) in [5.41, 5.74) is 3.40. The van der Waals surface area contributed by atoms with Crippen LogP contribution in [0, 0.1) is 5.92 Å². The third-order valence-corrected chi connectivity index (χ3v) is 9.04. The molecular weight excluding hydrogens is 434 g/mol. The standard InChI is InChI=1S/C26H31N3O3S/c1-19-11-15-29(16-12-19)33(31,32)22-9-10-25-21(17-22)13-14-28(25)18-26(30)27-24-8-4-6-20-5-2-3-7-23(20)24/h2-3,5,7,9-10,13-14,17,19,24H,4,6,8,11-12,15-16,18H2,1H3,(H,27,30). The van der Waals surface area contributed by atoms with Crippen molar-refractivity contribution in [2.75, 3.05) is 13.1 Å². The second-order valence-electron chi connectivity index (χ2n) is 9.46. The van der Waals surface area contributed by atoms with Gasteiger partial charge < -0.3 is 9.88 Å². The lowest BCUT2D eigenvalue weighted by Crippen LogP contribution is -2.37. The number of nitrogens with one attached hydrogen (secondary N) is 1. The lowest BCUT2D eigenvalue weighted by atomic mass is 9.88. The third kappa shape index (κ3) is 4.44. The van der Waals surface area contributed by atoms with Gasteiger partial charge in [-0.3, -0.25) is 4.79 Å². The van der Waals surface area contributed by atoms with Gasteiger partial charge in [0.15, 0.2) is 0 Å². The molecule has 1 amide bonds. The molecule has 174 valence electrons. The van der Waals surface area contributed by atoms with Gasteiger partial charge in [-0.1, -0.05) is 31.2 Å². The van der Waals surface area contributed by atoms with Gasteiger partial charge >= 0.3 is 0 Å². The van der Waals surface area contributed by atoms with Gasteiger partial charge in [-0.25, -0.2) is 8.42 Å². The van der Waals surface area contributed by atoms with E-state index in [2.05, 4.69) is 30.4 Å². The highest BCUT2D eigenvalue weighted by Gasteiger charge is 2.28. The molecule has 0 saturated carbocycles. The molecule has 2 aromatic carbocycles. The topological polar surface area (TPSA) is 71.4 Å². The molecule has 2 aliphatic rings. The van der Waals surface area contributed by atoms with Crippen molar-refractivity contribution in [2.45, 2.75) is 56.5 Å². The molecule has 1 aliphatic carbocycles. The first kappa shape index (κ1) is 22.2. The molecule has 1 fully saturated rings. The highest BCUT2D eigenvalue weighted by atomic mass is 32.2. The lowest BCUT2D eigenvalue weighted by Gasteiger charge is -2.29. The van der Waals surface area contributed by atoms with Crippen molar-refractivity contribution < 1.29 is 13.2 Å². The van der Waals surface area contributed by atoms with Crippen LogP contribution in [0.3, 0.4) is 0 Å². The first-order chi connectivity index (χ1) is 15.9. The Labute approximate surface area is 195 Å². The van der Waals surface area contributed by atoms with Crippen molar-refractivity contribution in [3.63, 3.8) is 0 Å². The Morgan fingerprint density at radius 1 is 1.06 bits per heavy atom. The smallest absolute Gasteiger partial charge is 0.243 e. The van der Waals surface area contributed by atoms with E-state index in [1.54, 1.807) is 16.4 Å². The van der Waals surface area contributed by atoms with E-state index in [4.69, 9.17) is 0 Å². The fourth-order valence-electron chi connectivity index (χ4n) is 5.15. The fourth-order valence-corrected chi connectivity index (χ4v) is 6.66. The molecular formula is C26H31N3O3S. The highest BCUT2D eigenvalue weighted by Crippen LogP contribution is 2.30. The van der Waals surface area contributed by atoms with E-state index in [1.807, 2.05) is 29.0 Å². The summed E-state index contributed by atoms with van der Waals surface area (Å²) in [6.07, 6.45) is 6.74. The van der Waals surface area contributed by atoms with Crippen molar-refractivity contribution in [1.29, 1.82) is 0 Å². The van der Waals surface area contributed by atoms with Gasteiger partial charge in [-0.05, 0) is 73.4 Å². The van der Waals surface area contributed by atoms with Crippen LogP contribution in [-0.4, -0.2) is 36.3 Å². The van der Waals surface area contributed by atoms with Gasteiger partial charge in [-0.15, -0.1) is 0 Å². The van der Waals surface area contributed by atoms with Gasteiger partial charge in [0.05, 0.1) is 10.9 Å². The molecule has 2 heterocycles. The van der Waals surface area contributed by atoms with Gasteiger partial charge in [0.2, 0.25) is 15.9 Å². The minimum Gasteiger partial charge on any atom is -0.348 e. The maximum Gasteiger partial charge on any atom is 0.243 e. The molecule has 0 radical (unpaired) electrons. The van der Waals surface area contributed by atoms with Gasteiger partial charge in [0.1, 0.15) is 6.54 Å². The number of fused-ring (bicyclic) bond motifs is 2. The summed E-state index contributed by atoms with van der Waals surface area (Å²) in [5, 5.41) is 4.03. The summed E-state index contributed by atoms with van der Waals surface area (Å²) >= 11 is 0. The Bertz CT molecular complexity index is 1270. The zero-order valence-corrected chi connectivity index (χ0v) is 19.9. The summed E-state index contributed by atoms with van der Waals surface area (Å²) in [6, 6.07) is 15.5. The van der Waals surface area contributed by atoms with E-state index in [9.17, 15) is 13.2 Å². The zero-order chi connectivity index (χ0) is 23.0. The van der Waals surface area contributed by atoms with Crippen LogP contribution in [0.15, 0.2) is 59.6 Å². The molecule has 5 rings (SSSR count). The second-order valence-corrected chi connectivity index (χ2v) is 11.4. The minimum atomic E-state index is -3.49. The normalized spacial score (nSPS) is 20.0. The predicted octanol–water partition coefficient (Wildman–Crippen LogP) is 4.26. The van der Waals surface area contributed by atoms with Gasteiger partial charge in [0.25, 0.3) is 0 Å². The Morgan fingerprint density at radius 3 is 2.67 bits per heavy atom. The molecule has 1 aliphatic heterocycles. The number of nitrogens with zero attached hydrogens (tertiary/aromatic N) is 2. The Hall–Kier alpha value is -2.64. The maximum absolute atomic E-state index is 13.1. The number of piperidine rings is 1. The summed E-state index contributed by atoms with van der Waals surface area (Å²) in [6.45, 7) is 3.53. The number of aryl methyl sites for hydroxylation is 1. The Kier molecular flexibility index (Phi) is 6.01. The van der Waals surface area contributed by atoms with Gasteiger partial charge in [-0.2, -0.15) is 4.31 Å². The molecule has 1 aromatic heterocycles. The number of carbonyl (C=O) groups is 1. The molecule has 1 N–H and O–H groups in total. The summed E-state index contributed by atoms with van der Waals surface area (Å²) in [5.74, 6) is 0.537. The van der Waals surface area contributed by atoms with Gasteiger partial charge in [0, 0.05) is 30.2 Å². The highest BCUT2D eigenvalue weighted by molar-refractivity contribution is 7.89. The van der Waals surface area contributed by atoms with Crippen molar-refractivity contribution in [2.24, 2.45) is 5.92 Å². The number of sulfonamides is 1. The monoisotopic (exact) mass is 465 g/mol. The molecule has 1 atom stereocenters. The van der Waals surface area contributed by atoms with E-state index in [-0.39, 0.29) is 18.5 Å². The van der Waals surface area contributed by atoms with Crippen molar-refractivity contribution in [1.82, 2.24) is 14.2 Å². The molecule has 1 unspecified atom stereocenters. The molecule has 6 nitrogen and oxygen atoms in total.